The van der Waals surface area contributed by atoms with Crippen LogP contribution >= 0.6 is 0 Å². The van der Waals surface area contributed by atoms with E-state index in [0.29, 0.717) is 0 Å². The third-order valence-electron chi connectivity index (χ3n) is 2.10. The van der Waals surface area contributed by atoms with Crippen LogP contribution in [0.3, 0.4) is 0 Å². The summed E-state index contributed by atoms with van der Waals surface area (Å²) < 4.78 is 0. The molecule has 0 heteroatoms. The maximum absolute atomic E-state index is 2.37. The van der Waals surface area contributed by atoms with Gasteiger partial charge < -0.3 is 0 Å². The molecule has 0 N–H and O–H groups in total. The first-order valence-corrected chi connectivity index (χ1v) is 3.33. The molecule has 2 aliphatic carbocycles. The van der Waals surface area contributed by atoms with E-state index in [4.69, 9.17) is 0 Å². The zero-order valence-electron chi connectivity index (χ0n) is 4.93. The summed E-state index contributed by atoms with van der Waals surface area (Å²) in [6, 6.07) is 0. The van der Waals surface area contributed by atoms with E-state index in [-0.39, 0.29) is 0 Å². The van der Waals surface area contributed by atoms with Crippen LogP contribution in [0.4, 0.5) is 0 Å². The second-order valence-corrected chi connectivity index (χ2v) is 2.62. The zero-order chi connectivity index (χ0) is 5.40. The van der Waals surface area contributed by atoms with Gasteiger partial charge in [0.2, 0.25) is 0 Å². The van der Waals surface area contributed by atoms with E-state index >= 15 is 0 Å². The van der Waals surface area contributed by atoms with Crippen LogP contribution < -0.4 is 0 Å². The molecule has 0 bridgehead atoms. The van der Waals surface area contributed by atoms with Gasteiger partial charge in [0.1, 0.15) is 0 Å². The first-order chi connectivity index (χ1) is 3.97. The average molecular weight is 106 g/mol. The zero-order valence-corrected chi connectivity index (χ0v) is 4.93. The molecule has 0 aromatic heterocycles. The van der Waals surface area contributed by atoms with Crippen molar-refractivity contribution in [3.05, 3.63) is 23.8 Å². The van der Waals surface area contributed by atoms with E-state index < -0.39 is 0 Å². The number of hydrogen-bond donors (Lipinski definition) is 0. The van der Waals surface area contributed by atoms with Crippen LogP contribution in [0.5, 0.6) is 0 Å². The van der Waals surface area contributed by atoms with Crippen molar-refractivity contribution in [1.82, 2.24) is 0 Å². The molecule has 0 aliphatic heterocycles. The standard InChI is InChI=1S/C8H10/c1-3-7-5-2-6-8(7)4-1/h1,3,5,8H,2,4,6H2. The first-order valence-electron chi connectivity index (χ1n) is 3.33. The van der Waals surface area contributed by atoms with Gasteiger partial charge in [-0.1, -0.05) is 18.2 Å². The fourth-order valence-corrected chi connectivity index (χ4v) is 1.61. The fourth-order valence-electron chi connectivity index (χ4n) is 1.61. The first kappa shape index (κ1) is 4.37. The summed E-state index contributed by atoms with van der Waals surface area (Å²) in [5.74, 6) is 0.926. The lowest BCUT2D eigenvalue weighted by Crippen LogP contribution is -1.87. The molecular weight excluding hydrogens is 96.1 g/mol. The van der Waals surface area contributed by atoms with Crippen molar-refractivity contribution in [2.24, 2.45) is 5.92 Å². The molecule has 0 amide bonds. The van der Waals surface area contributed by atoms with E-state index in [1.807, 2.05) is 0 Å². The van der Waals surface area contributed by atoms with Crippen molar-refractivity contribution in [2.75, 3.05) is 0 Å². The smallest absolute Gasteiger partial charge is 0.0128 e. The predicted molar refractivity (Wildman–Crippen MR) is 34.6 cm³/mol. The maximum Gasteiger partial charge on any atom is -0.0128 e. The van der Waals surface area contributed by atoms with Gasteiger partial charge >= 0.3 is 0 Å². The van der Waals surface area contributed by atoms with Crippen LogP contribution in [-0.2, 0) is 0 Å². The lowest BCUT2D eigenvalue weighted by atomic mass is 10.1. The Hall–Kier alpha value is -0.520. The highest BCUT2D eigenvalue weighted by molar-refractivity contribution is 5.30. The fraction of sp³-hybridized carbons (Fsp3) is 0.500. The predicted octanol–water partition coefficient (Wildman–Crippen LogP) is 2.28. The molecule has 0 nitrogen and oxygen atoms in total. The molecule has 8 heavy (non-hydrogen) atoms. The van der Waals surface area contributed by atoms with Crippen molar-refractivity contribution in [1.29, 1.82) is 0 Å². The van der Waals surface area contributed by atoms with Gasteiger partial charge in [0.15, 0.2) is 0 Å². The van der Waals surface area contributed by atoms with E-state index in [1.165, 1.54) is 19.3 Å². The molecule has 1 atom stereocenters. The van der Waals surface area contributed by atoms with Crippen LogP contribution in [0, 0.1) is 5.92 Å². The van der Waals surface area contributed by atoms with Gasteiger partial charge in [0.25, 0.3) is 0 Å². The quantitative estimate of drug-likeness (QED) is 0.444. The van der Waals surface area contributed by atoms with E-state index in [9.17, 15) is 0 Å². The van der Waals surface area contributed by atoms with Crippen molar-refractivity contribution in [2.45, 2.75) is 19.3 Å². The molecule has 2 rings (SSSR count). The summed E-state index contributed by atoms with van der Waals surface area (Å²) in [6.07, 6.45) is 11.0. The molecule has 2 aliphatic rings. The van der Waals surface area contributed by atoms with Gasteiger partial charge in [-0.2, -0.15) is 0 Å². The summed E-state index contributed by atoms with van der Waals surface area (Å²) in [6.45, 7) is 0. The molecule has 0 spiro atoms. The second-order valence-electron chi connectivity index (χ2n) is 2.62. The van der Waals surface area contributed by atoms with Crippen LogP contribution in [0.1, 0.15) is 19.3 Å². The molecule has 0 radical (unpaired) electrons. The monoisotopic (exact) mass is 106 g/mol. The molecule has 1 unspecified atom stereocenters. The highest BCUT2D eigenvalue weighted by Gasteiger charge is 2.18. The Morgan fingerprint density at radius 1 is 1.50 bits per heavy atom. The largest absolute Gasteiger partial charge is 0.0837 e. The maximum atomic E-state index is 2.37. The van der Waals surface area contributed by atoms with Gasteiger partial charge in [0, 0.05) is 0 Å². The third kappa shape index (κ3) is 0.459. The van der Waals surface area contributed by atoms with E-state index in [0.717, 1.165) is 5.92 Å². The molecule has 0 saturated heterocycles. The van der Waals surface area contributed by atoms with Gasteiger partial charge in [-0.15, -0.1) is 0 Å². The SMILES string of the molecule is C1=CC2=CCCC2C1. The van der Waals surface area contributed by atoms with Crippen molar-refractivity contribution < 1.29 is 0 Å². The summed E-state index contributed by atoms with van der Waals surface area (Å²) in [4.78, 5) is 0. The number of rotatable bonds is 0. The molecular formula is C8H10. The van der Waals surface area contributed by atoms with Gasteiger partial charge in [-0.25, -0.2) is 0 Å². The van der Waals surface area contributed by atoms with E-state index in [2.05, 4.69) is 18.2 Å². The Labute approximate surface area is 49.9 Å². The molecule has 0 saturated carbocycles. The Bertz CT molecular complexity index is 151. The average Bonchev–Trinajstić information content (AvgIpc) is 2.15. The minimum atomic E-state index is 0.926. The Kier molecular flexibility index (Phi) is 0.806. The normalized spacial score (nSPS) is 33.0. The van der Waals surface area contributed by atoms with Gasteiger partial charge in [0.05, 0.1) is 0 Å². The third-order valence-corrected chi connectivity index (χ3v) is 2.10. The number of fused-ring (bicyclic) bond motifs is 1. The minimum Gasteiger partial charge on any atom is -0.0837 e. The summed E-state index contributed by atoms with van der Waals surface area (Å²) >= 11 is 0. The highest BCUT2D eigenvalue weighted by Crippen LogP contribution is 2.34. The van der Waals surface area contributed by atoms with Crippen molar-refractivity contribution in [3.8, 4) is 0 Å². The Balaban J connectivity index is 2.31. The summed E-state index contributed by atoms with van der Waals surface area (Å²) in [7, 11) is 0. The van der Waals surface area contributed by atoms with Gasteiger partial charge in [-0.05, 0) is 30.8 Å². The Morgan fingerprint density at radius 3 is 3.38 bits per heavy atom. The van der Waals surface area contributed by atoms with Crippen LogP contribution in [0.15, 0.2) is 23.8 Å². The van der Waals surface area contributed by atoms with Crippen LogP contribution in [0.25, 0.3) is 0 Å². The second kappa shape index (κ2) is 1.48. The lowest BCUT2D eigenvalue weighted by molar-refractivity contribution is 0.643. The lowest BCUT2D eigenvalue weighted by Gasteiger charge is -1.99. The van der Waals surface area contributed by atoms with Gasteiger partial charge in [-0.3, -0.25) is 0 Å². The van der Waals surface area contributed by atoms with Crippen LogP contribution in [0.2, 0.25) is 0 Å². The molecule has 0 fully saturated rings. The van der Waals surface area contributed by atoms with Crippen molar-refractivity contribution in [3.63, 3.8) is 0 Å². The number of allylic oxidation sites excluding steroid dienone is 4. The minimum absolute atomic E-state index is 0.926. The summed E-state index contributed by atoms with van der Waals surface area (Å²) in [5.41, 5.74) is 1.60. The van der Waals surface area contributed by atoms with Crippen molar-refractivity contribution >= 4 is 0 Å². The van der Waals surface area contributed by atoms with E-state index in [1.54, 1.807) is 5.57 Å². The molecule has 42 valence electrons. The summed E-state index contributed by atoms with van der Waals surface area (Å²) in [5, 5.41) is 0. The highest BCUT2D eigenvalue weighted by atomic mass is 14.2. The molecule has 0 aromatic rings. The molecule has 0 heterocycles. The molecule has 0 aromatic carbocycles. The number of hydrogen-bond acceptors (Lipinski definition) is 0. The van der Waals surface area contributed by atoms with Crippen LogP contribution in [-0.4, -0.2) is 0 Å². The topological polar surface area (TPSA) is 0 Å². The Morgan fingerprint density at radius 2 is 2.50 bits per heavy atom.